The maximum atomic E-state index is 13.6. The molecule has 174 valence electrons. The van der Waals surface area contributed by atoms with Crippen LogP contribution < -0.4 is 14.5 Å². The molecule has 1 atom stereocenters. The molecule has 1 saturated heterocycles. The predicted molar refractivity (Wildman–Crippen MR) is 122 cm³/mol. The van der Waals surface area contributed by atoms with Gasteiger partial charge in [0.2, 0.25) is 15.9 Å². The number of carbonyl (C=O) groups is 1. The average molecular weight is 466 g/mol. The lowest BCUT2D eigenvalue weighted by atomic mass is 9.98. The van der Waals surface area contributed by atoms with Gasteiger partial charge >= 0.3 is 0 Å². The van der Waals surface area contributed by atoms with Gasteiger partial charge in [0.1, 0.15) is 6.54 Å². The second kappa shape index (κ2) is 9.85. The lowest BCUT2D eigenvalue weighted by Crippen LogP contribution is -2.41. The number of rotatable bonds is 7. The van der Waals surface area contributed by atoms with Gasteiger partial charge in [0.25, 0.3) is 0 Å². The van der Waals surface area contributed by atoms with E-state index in [1.807, 2.05) is 24.3 Å². The molecule has 2 aromatic rings. The molecule has 1 N–H and O–H groups in total. The average Bonchev–Trinajstić information content (AvgIpc) is 2.74. The number of nitrogens with zero attached hydrogens (tertiary/aromatic N) is 2. The van der Waals surface area contributed by atoms with E-state index in [0.717, 1.165) is 59.0 Å². The Balaban J connectivity index is 1.65. The molecule has 32 heavy (non-hydrogen) atoms. The van der Waals surface area contributed by atoms with Crippen molar-refractivity contribution in [2.24, 2.45) is 5.92 Å². The molecule has 0 spiro atoms. The monoisotopic (exact) mass is 465 g/mol. The van der Waals surface area contributed by atoms with Crippen molar-refractivity contribution >= 4 is 27.3 Å². The van der Waals surface area contributed by atoms with Crippen LogP contribution in [-0.2, 0) is 14.8 Å². The fraction of sp³-hybridized carbons (Fsp3) is 0.435. The van der Waals surface area contributed by atoms with E-state index in [-0.39, 0.29) is 11.7 Å². The minimum absolute atomic E-state index is 0.116. The van der Waals surface area contributed by atoms with Crippen molar-refractivity contribution in [1.82, 2.24) is 5.32 Å². The zero-order chi connectivity index (χ0) is 23.5. The lowest BCUT2D eigenvalue weighted by Gasteiger charge is -2.32. The molecule has 0 radical (unpaired) electrons. The molecule has 2 aromatic carbocycles. The van der Waals surface area contributed by atoms with E-state index in [1.54, 1.807) is 6.92 Å². The van der Waals surface area contributed by atoms with Crippen LogP contribution in [0.5, 0.6) is 0 Å². The first kappa shape index (κ1) is 24.0. The highest BCUT2D eigenvalue weighted by Gasteiger charge is 2.23. The van der Waals surface area contributed by atoms with Crippen LogP contribution in [0.25, 0.3) is 0 Å². The Morgan fingerprint density at radius 2 is 1.75 bits per heavy atom. The summed E-state index contributed by atoms with van der Waals surface area (Å²) in [6, 6.07) is 10.3. The molecule has 0 aromatic heterocycles. The molecule has 0 saturated carbocycles. The molecule has 1 aliphatic heterocycles. The molecule has 1 heterocycles. The molecule has 6 nitrogen and oxygen atoms in total. The summed E-state index contributed by atoms with van der Waals surface area (Å²) >= 11 is 0. The summed E-state index contributed by atoms with van der Waals surface area (Å²) in [6.45, 7) is 5.58. The number of anilines is 2. The number of nitrogens with one attached hydrogen (secondary N) is 1. The van der Waals surface area contributed by atoms with Gasteiger partial charge in [-0.3, -0.25) is 9.10 Å². The van der Waals surface area contributed by atoms with Gasteiger partial charge in [0.05, 0.1) is 18.0 Å². The summed E-state index contributed by atoms with van der Waals surface area (Å²) in [6.07, 6.45) is 3.25. The van der Waals surface area contributed by atoms with Gasteiger partial charge in [0.15, 0.2) is 11.6 Å². The van der Waals surface area contributed by atoms with Crippen LogP contribution in [0.4, 0.5) is 20.2 Å². The first-order valence-electron chi connectivity index (χ1n) is 10.6. The van der Waals surface area contributed by atoms with Crippen LogP contribution >= 0.6 is 0 Å². The normalized spacial score (nSPS) is 16.0. The molecular weight excluding hydrogens is 436 g/mol. The highest BCUT2D eigenvalue weighted by molar-refractivity contribution is 7.92. The van der Waals surface area contributed by atoms with E-state index in [4.69, 9.17) is 0 Å². The largest absolute Gasteiger partial charge is 0.372 e. The molecule has 3 rings (SSSR count). The third kappa shape index (κ3) is 5.97. The maximum Gasteiger partial charge on any atom is 0.241 e. The summed E-state index contributed by atoms with van der Waals surface area (Å²) in [4.78, 5) is 14.9. The molecule has 1 amide bonds. The van der Waals surface area contributed by atoms with Crippen molar-refractivity contribution < 1.29 is 22.0 Å². The van der Waals surface area contributed by atoms with Crippen molar-refractivity contribution in [3.05, 3.63) is 59.7 Å². The van der Waals surface area contributed by atoms with Crippen molar-refractivity contribution in [3.63, 3.8) is 0 Å². The van der Waals surface area contributed by atoms with E-state index in [0.29, 0.717) is 0 Å². The number of hydrogen-bond donors (Lipinski definition) is 1. The van der Waals surface area contributed by atoms with E-state index in [9.17, 15) is 22.0 Å². The van der Waals surface area contributed by atoms with E-state index in [2.05, 4.69) is 17.1 Å². The highest BCUT2D eigenvalue weighted by atomic mass is 32.2. The second-order valence-electron chi connectivity index (χ2n) is 8.42. The van der Waals surface area contributed by atoms with Crippen molar-refractivity contribution in [3.8, 4) is 0 Å². The predicted octanol–water partition coefficient (Wildman–Crippen LogP) is 3.84. The molecule has 0 bridgehead atoms. The maximum absolute atomic E-state index is 13.6. The lowest BCUT2D eigenvalue weighted by molar-refractivity contribution is -0.120. The third-order valence-corrected chi connectivity index (χ3v) is 6.94. The number of halogens is 2. The Labute approximate surface area is 188 Å². The number of sulfonamides is 1. The third-order valence-electron chi connectivity index (χ3n) is 5.80. The van der Waals surface area contributed by atoms with Gasteiger partial charge in [0, 0.05) is 24.8 Å². The van der Waals surface area contributed by atoms with E-state index >= 15 is 0 Å². The Morgan fingerprint density at radius 3 is 2.31 bits per heavy atom. The summed E-state index contributed by atoms with van der Waals surface area (Å²) in [7, 11) is -3.89. The van der Waals surface area contributed by atoms with Crippen LogP contribution in [0, 0.1) is 17.6 Å². The standard InChI is InChI=1S/C23H29F2N3O3S/c1-16-10-12-27(13-11-16)19-6-4-18(5-7-19)17(2)26-23(29)15-28(32(3,30)31)20-8-9-21(24)22(25)14-20/h4-9,14,16-17H,10-13,15H2,1-3H3,(H,26,29). The van der Waals surface area contributed by atoms with Gasteiger partial charge < -0.3 is 10.2 Å². The molecule has 9 heteroatoms. The first-order chi connectivity index (χ1) is 15.0. The molecule has 0 aliphatic carbocycles. The number of benzene rings is 2. The number of hydrogen-bond acceptors (Lipinski definition) is 4. The first-order valence-corrected chi connectivity index (χ1v) is 12.5. The second-order valence-corrected chi connectivity index (χ2v) is 10.3. The van der Waals surface area contributed by atoms with Crippen LogP contribution in [0.2, 0.25) is 0 Å². The van der Waals surface area contributed by atoms with Gasteiger partial charge in [-0.25, -0.2) is 17.2 Å². The summed E-state index contributed by atoms with van der Waals surface area (Å²) in [5.74, 6) is -2.09. The SMILES string of the molecule is CC1CCN(c2ccc(C(C)NC(=O)CN(c3ccc(F)c(F)c3)S(C)(=O)=O)cc2)CC1. The van der Waals surface area contributed by atoms with Crippen molar-refractivity contribution in [2.75, 3.05) is 35.1 Å². The highest BCUT2D eigenvalue weighted by Crippen LogP contribution is 2.25. The van der Waals surface area contributed by atoms with Crippen LogP contribution in [0.1, 0.15) is 38.3 Å². The van der Waals surface area contributed by atoms with Crippen LogP contribution in [0.3, 0.4) is 0 Å². The topological polar surface area (TPSA) is 69.7 Å². The quantitative estimate of drug-likeness (QED) is 0.675. The minimum Gasteiger partial charge on any atom is -0.372 e. The fourth-order valence-corrected chi connectivity index (χ4v) is 4.63. The van der Waals surface area contributed by atoms with Gasteiger partial charge in [-0.1, -0.05) is 19.1 Å². The van der Waals surface area contributed by atoms with Crippen molar-refractivity contribution in [2.45, 2.75) is 32.7 Å². The fourth-order valence-electron chi connectivity index (χ4n) is 3.78. The Kier molecular flexibility index (Phi) is 7.38. The van der Waals surface area contributed by atoms with E-state index in [1.165, 1.54) is 12.8 Å². The number of piperidine rings is 1. The number of carbonyl (C=O) groups excluding carboxylic acids is 1. The molecule has 1 unspecified atom stereocenters. The molecular formula is C23H29F2N3O3S. The molecule has 1 fully saturated rings. The van der Waals surface area contributed by atoms with Crippen molar-refractivity contribution in [1.29, 1.82) is 0 Å². The number of amides is 1. The minimum atomic E-state index is -3.89. The van der Waals surface area contributed by atoms with Crippen LogP contribution in [-0.4, -0.2) is 40.2 Å². The zero-order valence-corrected chi connectivity index (χ0v) is 19.3. The summed E-state index contributed by atoms with van der Waals surface area (Å²) in [5.41, 5.74) is 1.90. The smallest absolute Gasteiger partial charge is 0.241 e. The Bertz CT molecular complexity index is 1050. The zero-order valence-electron chi connectivity index (χ0n) is 18.5. The Morgan fingerprint density at radius 1 is 1.12 bits per heavy atom. The van der Waals surface area contributed by atoms with Gasteiger partial charge in [-0.2, -0.15) is 0 Å². The Hall–Kier alpha value is -2.68. The van der Waals surface area contributed by atoms with Crippen LogP contribution in [0.15, 0.2) is 42.5 Å². The van der Waals surface area contributed by atoms with Gasteiger partial charge in [-0.15, -0.1) is 0 Å². The summed E-state index contributed by atoms with van der Waals surface area (Å²) in [5, 5.41) is 2.77. The van der Waals surface area contributed by atoms with E-state index < -0.39 is 34.1 Å². The summed E-state index contributed by atoms with van der Waals surface area (Å²) < 4.78 is 51.9. The molecule has 1 aliphatic rings. The van der Waals surface area contributed by atoms with Gasteiger partial charge in [-0.05, 0) is 55.5 Å².